The number of rotatable bonds is 5. The Morgan fingerprint density at radius 2 is 1.90 bits per heavy atom. The van der Waals surface area contributed by atoms with Crippen molar-refractivity contribution in [1.82, 2.24) is 0 Å². The van der Waals surface area contributed by atoms with Crippen molar-refractivity contribution < 1.29 is 19.1 Å². The third kappa shape index (κ3) is 4.35. The molecule has 1 aliphatic carbocycles. The number of hydrogen-bond donors (Lipinski definition) is 1. The van der Waals surface area contributed by atoms with Gasteiger partial charge in [-0.2, -0.15) is 0 Å². The minimum atomic E-state index is -0.188. The lowest BCUT2D eigenvalue weighted by molar-refractivity contribution is -0.126. The summed E-state index contributed by atoms with van der Waals surface area (Å²) in [7, 11) is 1.59. The second-order valence-corrected chi connectivity index (χ2v) is 4.83. The van der Waals surface area contributed by atoms with Crippen LogP contribution in [0.15, 0.2) is 24.3 Å². The molecule has 1 aliphatic rings. The van der Waals surface area contributed by atoms with E-state index in [1.807, 2.05) is 0 Å². The molecule has 1 saturated carbocycles. The first-order valence-corrected chi connectivity index (χ1v) is 6.74. The summed E-state index contributed by atoms with van der Waals surface area (Å²) in [5.74, 6) is 0.839. The monoisotopic (exact) mass is 277 g/mol. The van der Waals surface area contributed by atoms with Gasteiger partial charge in [0, 0.05) is 18.5 Å². The molecule has 0 aromatic heterocycles. The minimum absolute atomic E-state index is 0.0187. The number of Topliss-reactive ketones (excluding diaryl/α,β-unsaturated/α-hetero) is 1. The Balaban J connectivity index is 1.73. The maximum atomic E-state index is 11.7. The van der Waals surface area contributed by atoms with Crippen molar-refractivity contribution in [3.05, 3.63) is 24.3 Å². The van der Waals surface area contributed by atoms with E-state index in [0.29, 0.717) is 31.4 Å². The van der Waals surface area contributed by atoms with E-state index in [1.54, 1.807) is 31.4 Å². The van der Waals surface area contributed by atoms with Crippen LogP contribution in [0.3, 0.4) is 0 Å². The Kier molecular flexibility index (Phi) is 5.12. The van der Waals surface area contributed by atoms with Gasteiger partial charge in [-0.3, -0.25) is 9.59 Å². The highest BCUT2D eigenvalue weighted by molar-refractivity contribution is 5.91. The molecule has 0 heterocycles. The van der Waals surface area contributed by atoms with E-state index in [4.69, 9.17) is 9.47 Å². The molecule has 5 heteroatoms. The van der Waals surface area contributed by atoms with Crippen LogP contribution in [0.5, 0.6) is 5.75 Å². The van der Waals surface area contributed by atoms with Gasteiger partial charge in [0.2, 0.25) is 5.91 Å². The van der Waals surface area contributed by atoms with Gasteiger partial charge in [-0.05, 0) is 37.1 Å². The maximum Gasteiger partial charge on any atom is 0.250 e. The van der Waals surface area contributed by atoms with Gasteiger partial charge in [0.15, 0.2) is 0 Å². The van der Waals surface area contributed by atoms with Gasteiger partial charge in [0.05, 0.1) is 13.2 Å². The van der Waals surface area contributed by atoms with Crippen molar-refractivity contribution in [2.75, 3.05) is 19.0 Å². The molecule has 0 spiro atoms. The summed E-state index contributed by atoms with van der Waals surface area (Å²) in [6, 6.07) is 7.11. The largest absolute Gasteiger partial charge is 0.497 e. The predicted molar refractivity (Wildman–Crippen MR) is 74.8 cm³/mol. The molecule has 20 heavy (non-hydrogen) atoms. The van der Waals surface area contributed by atoms with E-state index < -0.39 is 0 Å². The summed E-state index contributed by atoms with van der Waals surface area (Å²) in [6.07, 6.45) is 2.58. The van der Waals surface area contributed by atoms with Crippen molar-refractivity contribution >= 4 is 17.4 Å². The van der Waals surface area contributed by atoms with Gasteiger partial charge in [0.25, 0.3) is 0 Å². The van der Waals surface area contributed by atoms with Crippen LogP contribution in [0.25, 0.3) is 0 Å². The fraction of sp³-hybridized carbons (Fsp3) is 0.467. The number of carbonyl (C=O) groups is 2. The highest BCUT2D eigenvalue weighted by Gasteiger charge is 2.19. The second kappa shape index (κ2) is 7.05. The third-order valence-electron chi connectivity index (χ3n) is 3.31. The fourth-order valence-corrected chi connectivity index (χ4v) is 2.14. The molecule has 2 rings (SSSR count). The van der Waals surface area contributed by atoms with Gasteiger partial charge >= 0.3 is 0 Å². The molecule has 0 atom stereocenters. The predicted octanol–water partition coefficient (Wildman–Crippen LogP) is 2.16. The van der Waals surface area contributed by atoms with Crippen LogP contribution in [0.4, 0.5) is 5.69 Å². The first-order valence-electron chi connectivity index (χ1n) is 6.74. The molecule has 0 aliphatic heterocycles. The van der Waals surface area contributed by atoms with Crippen molar-refractivity contribution in [2.24, 2.45) is 0 Å². The number of nitrogens with one attached hydrogen (secondary N) is 1. The minimum Gasteiger partial charge on any atom is -0.497 e. The number of amides is 1. The van der Waals surface area contributed by atoms with Crippen molar-refractivity contribution in [2.45, 2.75) is 31.8 Å². The summed E-state index contributed by atoms with van der Waals surface area (Å²) < 4.78 is 10.6. The quantitative estimate of drug-likeness (QED) is 0.895. The van der Waals surface area contributed by atoms with Crippen LogP contribution in [0, 0.1) is 0 Å². The lowest BCUT2D eigenvalue weighted by Crippen LogP contribution is -2.26. The van der Waals surface area contributed by atoms with Crippen LogP contribution in [-0.2, 0) is 14.3 Å². The van der Waals surface area contributed by atoms with Crippen LogP contribution in [0.2, 0.25) is 0 Å². The van der Waals surface area contributed by atoms with Crippen molar-refractivity contribution in [1.29, 1.82) is 0 Å². The van der Waals surface area contributed by atoms with Crippen molar-refractivity contribution in [3.8, 4) is 5.75 Å². The first-order chi connectivity index (χ1) is 9.67. The Hall–Kier alpha value is -1.88. The average molecular weight is 277 g/mol. The topological polar surface area (TPSA) is 64.6 Å². The Morgan fingerprint density at radius 3 is 2.50 bits per heavy atom. The molecule has 5 nitrogen and oxygen atoms in total. The zero-order chi connectivity index (χ0) is 14.4. The molecule has 1 N–H and O–H groups in total. The molecule has 0 unspecified atom stereocenters. The number of methoxy groups -OCH3 is 1. The standard InChI is InChI=1S/C15H19NO4/c1-19-13-6-2-11(3-7-13)16-15(18)10-20-14-8-4-12(17)5-9-14/h2-3,6-7,14H,4-5,8-10H2,1H3,(H,16,18). The van der Waals surface area contributed by atoms with E-state index in [9.17, 15) is 9.59 Å². The summed E-state index contributed by atoms with van der Waals surface area (Å²) in [5, 5.41) is 2.76. The lowest BCUT2D eigenvalue weighted by atomic mass is 9.96. The van der Waals surface area contributed by atoms with Gasteiger partial charge < -0.3 is 14.8 Å². The number of ether oxygens (including phenoxy) is 2. The maximum absolute atomic E-state index is 11.7. The number of benzene rings is 1. The third-order valence-corrected chi connectivity index (χ3v) is 3.31. The molecular weight excluding hydrogens is 258 g/mol. The Bertz CT molecular complexity index is 459. The number of ketones is 1. The fourth-order valence-electron chi connectivity index (χ4n) is 2.14. The van der Waals surface area contributed by atoms with Crippen LogP contribution in [-0.4, -0.2) is 31.5 Å². The van der Waals surface area contributed by atoms with Gasteiger partial charge in [-0.25, -0.2) is 0 Å². The van der Waals surface area contributed by atoms with E-state index in [-0.39, 0.29) is 24.4 Å². The number of hydrogen-bond acceptors (Lipinski definition) is 4. The molecule has 1 fully saturated rings. The lowest BCUT2D eigenvalue weighted by Gasteiger charge is -2.21. The van der Waals surface area contributed by atoms with Crippen LogP contribution >= 0.6 is 0 Å². The number of carbonyl (C=O) groups excluding carboxylic acids is 2. The molecule has 0 bridgehead atoms. The molecule has 1 aromatic carbocycles. The summed E-state index contributed by atoms with van der Waals surface area (Å²) in [6.45, 7) is 0.0187. The summed E-state index contributed by atoms with van der Waals surface area (Å²) in [5.41, 5.74) is 0.707. The number of anilines is 1. The second-order valence-electron chi connectivity index (χ2n) is 4.83. The molecule has 1 amide bonds. The Labute approximate surface area is 118 Å². The molecule has 0 saturated heterocycles. The zero-order valence-electron chi connectivity index (χ0n) is 11.6. The van der Waals surface area contributed by atoms with Gasteiger partial charge in [-0.15, -0.1) is 0 Å². The molecule has 0 radical (unpaired) electrons. The normalized spacial score (nSPS) is 15.9. The van der Waals surface area contributed by atoms with E-state index in [0.717, 1.165) is 5.75 Å². The van der Waals surface area contributed by atoms with Gasteiger partial charge in [0.1, 0.15) is 18.1 Å². The SMILES string of the molecule is COc1ccc(NC(=O)COC2CCC(=O)CC2)cc1. The zero-order valence-corrected chi connectivity index (χ0v) is 11.6. The van der Waals surface area contributed by atoms with E-state index >= 15 is 0 Å². The first kappa shape index (κ1) is 14.5. The van der Waals surface area contributed by atoms with Crippen LogP contribution in [0.1, 0.15) is 25.7 Å². The average Bonchev–Trinajstić information content (AvgIpc) is 2.47. The molecule has 108 valence electrons. The highest BCUT2D eigenvalue weighted by Crippen LogP contribution is 2.18. The highest BCUT2D eigenvalue weighted by atomic mass is 16.5. The Morgan fingerprint density at radius 1 is 1.25 bits per heavy atom. The van der Waals surface area contributed by atoms with E-state index in [2.05, 4.69) is 5.32 Å². The van der Waals surface area contributed by atoms with Crippen molar-refractivity contribution in [3.63, 3.8) is 0 Å². The molecular formula is C15H19NO4. The smallest absolute Gasteiger partial charge is 0.250 e. The van der Waals surface area contributed by atoms with E-state index in [1.165, 1.54) is 0 Å². The van der Waals surface area contributed by atoms with Gasteiger partial charge in [-0.1, -0.05) is 0 Å². The van der Waals surface area contributed by atoms with Crippen LogP contribution < -0.4 is 10.1 Å². The summed E-state index contributed by atoms with van der Waals surface area (Å²) >= 11 is 0. The summed E-state index contributed by atoms with van der Waals surface area (Å²) in [4.78, 5) is 22.8. The molecule has 1 aromatic rings.